The van der Waals surface area contributed by atoms with Gasteiger partial charge in [-0.25, -0.2) is 5.43 Å². The summed E-state index contributed by atoms with van der Waals surface area (Å²) in [6.45, 7) is 1.53. The van der Waals surface area contributed by atoms with Gasteiger partial charge in [0.1, 0.15) is 0 Å². The molecule has 7 heteroatoms. The van der Waals surface area contributed by atoms with Crippen LogP contribution in [0, 0.1) is 0 Å². The number of hydrogen-bond donors (Lipinski definition) is 2. The SMILES string of the molecule is CC(=NNC(=O)CNC(=O)C(c1ccccc1)c1ccccc1)c1ccc(Cl)c(Cl)c1. The Kier molecular flexibility index (Phi) is 7.82. The molecule has 0 atom stereocenters. The number of rotatable bonds is 7. The van der Waals surface area contributed by atoms with Crippen molar-refractivity contribution in [3.8, 4) is 0 Å². The van der Waals surface area contributed by atoms with Crippen molar-refractivity contribution in [3.05, 3.63) is 106 Å². The average Bonchev–Trinajstić information content (AvgIpc) is 2.79. The molecule has 0 bridgehead atoms. The lowest BCUT2D eigenvalue weighted by atomic mass is 9.90. The van der Waals surface area contributed by atoms with Crippen molar-refractivity contribution in [1.82, 2.24) is 10.7 Å². The lowest BCUT2D eigenvalue weighted by molar-refractivity contribution is -0.126. The third kappa shape index (κ3) is 6.17. The summed E-state index contributed by atoms with van der Waals surface area (Å²) in [4.78, 5) is 25.1. The van der Waals surface area contributed by atoms with Gasteiger partial charge in [-0.3, -0.25) is 9.59 Å². The van der Waals surface area contributed by atoms with Crippen LogP contribution >= 0.6 is 23.2 Å². The fraction of sp³-hybridized carbons (Fsp3) is 0.125. The highest BCUT2D eigenvalue weighted by Crippen LogP contribution is 2.25. The number of hydrazone groups is 1. The topological polar surface area (TPSA) is 70.6 Å². The fourth-order valence-corrected chi connectivity index (χ4v) is 3.33. The zero-order valence-electron chi connectivity index (χ0n) is 16.8. The van der Waals surface area contributed by atoms with Crippen molar-refractivity contribution >= 4 is 40.7 Å². The Bertz CT molecular complexity index is 1050. The first-order valence-electron chi connectivity index (χ1n) is 9.62. The molecule has 158 valence electrons. The van der Waals surface area contributed by atoms with Crippen molar-refractivity contribution < 1.29 is 9.59 Å². The van der Waals surface area contributed by atoms with E-state index in [1.165, 1.54) is 0 Å². The molecule has 0 aromatic heterocycles. The van der Waals surface area contributed by atoms with Crippen LogP contribution in [0.3, 0.4) is 0 Å². The van der Waals surface area contributed by atoms with Gasteiger partial charge in [0.2, 0.25) is 5.91 Å². The van der Waals surface area contributed by atoms with E-state index in [0.29, 0.717) is 15.8 Å². The monoisotopic (exact) mass is 453 g/mol. The molecule has 2 amide bonds. The Balaban J connectivity index is 1.64. The van der Waals surface area contributed by atoms with Crippen LogP contribution in [0.2, 0.25) is 10.0 Å². The van der Waals surface area contributed by atoms with E-state index in [1.807, 2.05) is 60.7 Å². The molecule has 0 aliphatic heterocycles. The Labute approximate surface area is 191 Å². The number of halogens is 2. The van der Waals surface area contributed by atoms with Crippen molar-refractivity contribution in [2.75, 3.05) is 6.54 Å². The highest BCUT2D eigenvalue weighted by atomic mass is 35.5. The second kappa shape index (κ2) is 10.8. The summed E-state index contributed by atoms with van der Waals surface area (Å²) in [6.07, 6.45) is 0. The van der Waals surface area contributed by atoms with E-state index in [9.17, 15) is 9.59 Å². The summed E-state index contributed by atoms with van der Waals surface area (Å²) < 4.78 is 0. The summed E-state index contributed by atoms with van der Waals surface area (Å²) in [6, 6.07) is 24.0. The van der Waals surface area contributed by atoms with Gasteiger partial charge in [-0.15, -0.1) is 0 Å². The maximum Gasteiger partial charge on any atom is 0.259 e. The Morgan fingerprint density at radius 3 is 2.00 bits per heavy atom. The molecular weight excluding hydrogens is 433 g/mol. The summed E-state index contributed by atoms with van der Waals surface area (Å²) >= 11 is 11.9. The van der Waals surface area contributed by atoms with E-state index < -0.39 is 11.8 Å². The van der Waals surface area contributed by atoms with Gasteiger partial charge in [0.15, 0.2) is 0 Å². The van der Waals surface area contributed by atoms with Crippen LogP contribution in [-0.2, 0) is 9.59 Å². The lowest BCUT2D eigenvalue weighted by Crippen LogP contribution is -2.38. The first kappa shape index (κ1) is 22.5. The Morgan fingerprint density at radius 1 is 0.871 bits per heavy atom. The first-order chi connectivity index (χ1) is 15.0. The Hall–Kier alpha value is -3.15. The molecule has 0 aliphatic rings. The third-order valence-electron chi connectivity index (χ3n) is 4.64. The van der Waals surface area contributed by atoms with Crippen LogP contribution in [0.4, 0.5) is 0 Å². The number of nitrogens with zero attached hydrogens (tertiary/aromatic N) is 1. The predicted octanol–water partition coefficient (Wildman–Crippen LogP) is 4.78. The number of hydrogen-bond acceptors (Lipinski definition) is 3. The molecule has 3 rings (SSSR count). The van der Waals surface area contributed by atoms with Gasteiger partial charge in [-0.05, 0) is 35.7 Å². The highest BCUT2D eigenvalue weighted by molar-refractivity contribution is 6.42. The molecule has 0 unspecified atom stereocenters. The van der Waals surface area contributed by atoms with E-state index in [0.717, 1.165) is 16.7 Å². The largest absolute Gasteiger partial charge is 0.346 e. The van der Waals surface area contributed by atoms with Crippen LogP contribution < -0.4 is 10.7 Å². The van der Waals surface area contributed by atoms with Crippen LogP contribution in [0.5, 0.6) is 0 Å². The number of carbonyl (C=O) groups is 2. The van der Waals surface area contributed by atoms with Gasteiger partial charge in [0, 0.05) is 0 Å². The minimum Gasteiger partial charge on any atom is -0.346 e. The van der Waals surface area contributed by atoms with Crippen molar-refractivity contribution in [3.63, 3.8) is 0 Å². The van der Waals surface area contributed by atoms with Gasteiger partial charge in [-0.1, -0.05) is 89.9 Å². The van der Waals surface area contributed by atoms with E-state index in [4.69, 9.17) is 23.2 Å². The summed E-state index contributed by atoms with van der Waals surface area (Å²) in [5.41, 5.74) is 5.43. The van der Waals surface area contributed by atoms with Gasteiger partial charge in [0.25, 0.3) is 5.91 Å². The molecule has 0 fully saturated rings. The number of amides is 2. The van der Waals surface area contributed by atoms with Crippen molar-refractivity contribution in [2.45, 2.75) is 12.8 Å². The van der Waals surface area contributed by atoms with E-state index in [2.05, 4.69) is 15.8 Å². The molecule has 0 spiro atoms. The number of carbonyl (C=O) groups excluding carboxylic acids is 2. The average molecular weight is 454 g/mol. The number of benzene rings is 3. The van der Waals surface area contributed by atoms with Gasteiger partial charge < -0.3 is 5.32 Å². The van der Waals surface area contributed by atoms with E-state index in [-0.39, 0.29) is 12.5 Å². The van der Waals surface area contributed by atoms with Crippen LogP contribution in [0.25, 0.3) is 0 Å². The fourth-order valence-electron chi connectivity index (χ4n) is 3.03. The van der Waals surface area contributed by atoms with Crippen LogP contribution in [0.1, 0.15) is 29.5 Å². The maximum absolute atomic E-state index is 12.9. The molecule has 0 heterocycles. The van der Waals surface area contributed by atoms with Gasteiger partial charge in [-0.2, -0.15) is 5.10 Å². The highest BCUT2D eigenvalue weighted by Gasteiger charge is 2.22. The van der Waals surface area contributed by atoms with Crippen LogP contribution in [-0.4, -0.2) is 24.1 Å². The quantitative estimate of drug-likeness (QED) is 0.399. The molecule has 0 saturated carbocycles. The van der Waals surface area contributed by atoms with E-state index >= 15 is 0 Å². The molecule has 0 saturated heterocycles. The van der Waals surface area contributed by atoms with Crippen molar-refractivity contribution in [2.24, 2.45) is 5.10 Å². The standard InChI is InChI=1S/C24H21Cl2N3O2/c1-16(19-12-13-20(25)21(26)14-19)28-29-22(30)15-27-24(31)23(17-8-4-2-5-9-17)18-10-6-3-7-11-18/h2-14,23H,15H2,1H3,(H,27,31)(H,29,30). The molecular formula is C24H21Cl2N3O2. The lowest BCUT2D eigenvalue weighted by Gasteiger charge is -2.17. The summed E-state index contributed by atoms with van der Waals surface area (Å²) in [5, 5.41) is 7.61. The normalized spacial score (nSPS) is 11.3. The predicted molar refractivity (Wildman–Crippen MR) is 125 cm³/mol. The van der Waals surface area contributed by atoms with E-state index in [1.54, 1.807) is 25.1 Å². The van der Waals surface area contributed by atoms with Crippen molar-refractivity contribution in [1.29, 1.82) is 0 Å². The molecule has 0 aliphatic carbocycles. The van der Waals surface area contributed by atoms with Gasteiger partial charge in [0.05, 0.1) is 28.2 Å². The molecule has 3 aromatic carbocycles. The minimum absolute atomic E-state index is 0.201. The molecule has 31 heavy (non-hydrogen) atoms. The maximum atomic E-state index is 12.9. The molecule has 3 aromatic rings. The smallest absolute Gasteiger partial charge is 0.259 e. The third-order valence-corrected chi connectivity index (χ3v) is 5.38. The first-order valence-corrected chi connectivity index (χ1v) is 10.4. The Morgan fingerprint density at radius 2 is 1.45 bits per heavy atom. The summed E-state index contributed by atoms with van der Waals surface area (Å²) in [7, 11) is 0. The zero-order chi connectivity index (χ0) is 22.2. The number of nitrogens with one attached hydrogen (secondary N) is 2. The second-order valence-corrected chi connectivity index (χ2v) is 7.65. The summed E-state index contributed by atoms with van der Waals surface area (Å²) in [5.74, 6) is -1.22. The molecule has 5 nitrogen and oxygen atoms in total. The zero-order valence-corrected chi connectivity index (χ0v) is 18.3. The minimum atomic E-state index is -0.517. The molecule has 2 N–H and O–H groups in total. The van der Waals surface area contributed by atoms with Gasteiger partial charge >= 0.3 is 0 Å². The molecule has 0 radical (unpaired) electrons. The van der Waals surface area contributed by atoms with Crippen LogP contribution in [0.15, 0.2) is 84.0 Å². The second-order valence-electron chi connectivity index (χ2n) is 6.83.